The quantitative estimate of drug-likeness (QED) is 0.599. The van der Waals surface area contributed by atoms with Crippen molar-refractivity contribution < 1.29 is 0 Å². The van der Waals surface area contributed by atoms with E-state index in [4.69, 9.17) is 5.26 Å². The van der Waals surface area contributed by atoms with Gasteiger partial charge >= 0.3 is 0 Å². The van der Waals surface area contributed by atoms with Crippen molar-refractivity contribution in [2.24, 2.45) is 5.92 Å². The van der Waals surface area contributed by atoms with Crippen molar-refractivity contribution in [3.05, 3.63) is 36.0 Å². The Morgan fingerprint density at radius 2 is 2.14 bits per heavy atom. The van der Waals surface area contributed by atoms with Gasteiger partial charge in [0.1, 0.15) is 0 Å². The molecular formula is C13H19N. The number of allylic oxidation sites excluding steroid dienone is 5. The topological polar surface area (TPSA) is 23.8 Å². The van der Waals surface area contributed by atoms with Crippen LogP contribution in [0.3, 0.4) is 0 Å². The second-order valence-electron chi connectivity index (χ2n) is 3.52. The molecule has 1 nitrogen and oxygen atoms in total. The van der Waals surface area contributed by atoms with E-state index in [1.54, 1.807) is 0 Å². The lowest BCUT2D eigenvalue weighted by molar-refractivity contribution is 0.874. The number of hydrogen-bond acceptors (Lipinski definition) is 1. The molecule has 0 fully saturated rings. The first kappa shape index (κ1) is 12.7. The zero-order valence-electron chi connectivity index (χ0n) is 9.38. The molecule has 0 aromatic heterocycles. The highest BCUT2D eigenvalue weighted by Crippen LogP contribution is 2.13. The zero-order valence-corrected chi connectivity index (χ0v) is 9.38. The molecule has 0 saturated heterocycles. The van der Waals surface area contributed by atoms with E-state index in [2.05, 4.69) is 25.6 Å². The summed E-state index contributed by atoms with van der Waals surface area (Å²) < 4.78 is 0. The Morgan fingerprint density at radius 1 is 1.50 bits per heavy atom. The van der Waals surface area contributed by atoms with E-state index < -0.39 is 0 Å². The van der Waals surface area contributed by atoms with Crippen LogP contribution in [-0.2, 0) is 0 Å². The number of unbranched alkanes of at least 4 members (excludes halogenated alkanes) is 1. The fraction of sp³-hybridized carbons (Fsp3) is 0.462. The normalized spacial score (nSPS) is 14.0. The van der Waals surface area contributed by atoms with Crippen molar-refractivity contribution in [1.82, 2.24) is 0 Å². The summed E-state index contributed by atoms with van der Waals surface area (Å²) in [5.41, 5.74) is 2.11. The van der Waals surface area contributed by atoms with Gasteiger partial charge in [-0.25, -0.2) is 0 Å². The highest BCUT2D eigenvalue weighted by Gasteiger charge is 2.02. The van der Waals surface area contributed by atoms with Crippen molar-refractivity contribution in [3.63, 3.8) is 0 Å². The SMILES string of the molecule is C=C(C)/C=C\C(=C/CCC)C(C)C#N. The van der Waals surface area contributed by atoms with Crippen LogP contribution in [0, 0.1) is 17.2 Å². The monoisotopic (exact) mass is 189 g/mol. The Labute approximate surface area is 87.4 Å². The molecule has 0 aliphatic heterocycles. The van der Waals surface area contributed by atoms with Crippen LogP contribution >= 0.6 is 0 Å². The maximum absolute atomic E-state index is 8.82. The van der Waals surface area contributed by atoms with E-state index in [0.29, 0.717) is 0 Å². The average molecular weight is 189 g/mol. The summed E-state index contributed by atoms with van der Waals surface area (Å²) in [6, 6.07) is 2.25. The standard InChI is InChI=1S/C13H19N/c1-5-6-7-13(12(4)10-14)9-8-11(2)3/h7-9,12H,2,5-6H2,1,3-4H3/b9-8-,13-7+. The molecule has 0 radical (unpaired) electrons. The Bertz CT molecular complexity index is 276. The summed E-state index contributed by atoms with van der Waals surface area (Å²) in [5.74, 6) is -0.0304. The molecule has 14 heavy (non-hydrogen) atoms. The lowest BCUT2D eigenvalue weighted by Crippen LogP contribution is -1.93. The number of hydrogen-bond donors (Lipinski definition) is 0. The van der Waals surface area contributed by atoms with Gasteiger partial charge < -0.3 is 0 Å². The number of nitriles is 1. The van der Waals surface area contributed by atoms with Gasteiger partial charge in [-0.2, -0.15) is 5.26 Å². The molecule has 1 atom stereocenters. The van der Waals surface area contributed by atoms with E-state index in [9.17, 15) is 0 Å². The minimum atomic E-state index is -0.0304. The number of nitrogens with zero attached hydrogens (tertiary/aromatic N) is 1. The minimum absolute atomic E-state index is 0.0304. The Kier molecular flexibility index (Phi) is 6.49. The fourth-order valence-corrected chi connectivity index (χ4v) is 1.01. The molecule has 0 saturated carbocycles. The maximum Gasteiger partial charge on any atom is 0.0700 e. The van der Waals surface area contributed by atoms with Gasteiger partial charge in [0.15, 0.2) is 0 Å². The van der Waals surface area contributed by atoms with Crippen LogP contribution in [0.25, 0.3) is 0 Å². The maximum atomic E-state index is 8.82. The molecule has 0 rings (SSSR count). The molecule has 0 bridgehead atoms. The molecule has 0 N–H and O–H groups in total. The predicted molar refractivity (Wildman–Crippen MR) is 61.7 cm³/mol. The summed E-state index contributed by atoms with van der Waals surface area (Å²) in [7, 11) is 0. The van der Waals surface area contributed by atoms with Crippen molar-refractivity contribution in [2.75, 3.05) is 0 Å². The van der Waals surface area contributed by atoms with Crippen molar-refractivity contribution in [2.45, 2.75) is 33.6 Å². The van der Waals surface area contributed by atoms with Crippen molar-refractivity contribution in [1.29, 1.82) is 5.26 Å². The van der Waals surface area contributed by atoms with Crippen molar-refractivity contribution >= 4 is 0 Å². The second-order valence-corrected chi connectivity index (χ2v) is 3.52. The molecule has 0 spiro atoms. The third-order valence-electron chi connectivity index (χ3n) is 1.92. The van der Waals surface area contributed by atoms with Crippen LogP contribution < -0.4 is 0 Å². The van der Waals surface area contributed by atoms with Gasteiger partial charge in [-0.3, -0.25) is 0 Å². The molecule has 0 amide bonds. The Balaban J connectivity index is 4.57. The summed E-state index contributed by atoms with van der Waals surface area (Å²) in [4.78, 5) is 0. The fourth-order valence-electron chi connectivity index (χ4n) is 1.01. The van der Waals surface area contributed by atoms with E-state index >= 15 is 0 Å². The second kappa shape index (κ2) is 7.15. The van der Waals surface area contributed by atoms with Crippen LogP contribution in [0.5, 0.6) is 0 Å². The molecule has 0 aromatic carbocycles. The highest BCUT2D eigenvalue weighted by molar-refractivity contribution is 5.29. The van der Waals surface area contributed by atoms with Crippen LogP contribution in [0.1, 0.15) is 33.6 Å². The molecule has 0 aliphatic rings. The first-order valence-electron chi connectivity index (χ1n) is 5.05. The largest absolute Gasteiger partial charge is 0.198 e. The third-order valence-corrected chi connectivity index (χ3v) is 1.92. The van der Waals surface area contributed by atoms with Crippen LogP contribution in [-0.4, -0.2) is 0 Å². The molecule has 1 unspecified atom stereocenters. The van der Waals surface area contributed by atoms with Gasteiger partial charge in [0, 0.05) is 0 Å². The molecule has 0 aliphatic carbocycles. The molecule has 0 heterocycles. The van der Waals surface area contributed by atoms with Crippen LogP contribution in [0.4, 0.5) is 0 Å². The first-order valence-corrected chi connectivity index (χ1v) is 5.05. The zero-order chi connectivity index (χ0) is 11.0. The van der Waals surface area contributed by atoms with E-state index in [-0.39, 0.29) is 5.92 Å². The van der Waals surface area contributed by atoms with Crippen molar-refractivity contribution in [3.8, 4) is 6.07 Å². The molecule has 1 heteroatoms. The minimum Gasteiger partial charge on any atom is -0.198 e. The smallest absolute Gasteiger partial charge is 0.0700 e. The Hall–Kier alpha value is -1.29. The summed E-state index contributed by atoms with van der Waals surface area (Å²) >= 11 is 0. The predicted octanol–water partition coefficient (Wildman–Crippen LogP) is 4.00. The lowest BCUT2D eigenvalue weighted by Gasteiger charge is -2.03. The molecule has 0 aromatic rings. The summed E-state index contributed by atoms with van der Waals surface area (Å²) in [6.07, 6.45) is 8.22. The van der Waals surface area contributed by atoms with Crippen LogP contribution in [0.15, 0.2) is 36.0 Å². The van der Waals surface area contributed by atoms with E-state index in [1.165, 1.54) is 0 Å². The van der Waals surface area contributed by atoms with Crippen LogP contribution in [0.2, 0.25) is 0 Å². The Morgan fingerprint density at radius 3 is 2.57 bits per heavy atom. The van der Waals surface area contributed by atoms with Gasteiger partial charge in [-0.1, -0.05) is 43.7 Å². The summed E-state index contributed by atoms with van der Waals surface area (Å²) in [6.45, 7) is 9.80. The summed E-state index contributed by atoms with van der Waals surface area (Å²) in [5, 5.41) is 8.82. The van der Waals surface area contributed by atoms with Gasteiger partial charge in [-0.15, -0.1) is 0 Å². The molecular weight excluding hydrogens is 170 g/mol. The third kappa shape index (κ3) is 5.37. The number of rotatable bonds is 5. The van der Waals surface area contributed by atoms with Gasteiger partial charge in [0.05, 0.1) is 12.0 Å². The average Bonchev–Trinajstić information content (AvgIpc) is 2.16. The van der Waals surface area contributed by atoms with E-state index in [0.717, 1.165) is 24.0 Å². The van der Waals surface area contributed by atoms with Gasteiger partial charge in [-0.05, 0) is 25.8 Å². The van der Waals surface area contributed by atoms with Gasteiger partial charge in [0.25, 0.3) is 0 Å². The van der Waals surface area contributed by atoms with Gasteiger partial charge in [0.2, 0.25) is 0 Å². The highest BCUT2D eigenvalue weighted by atomic mass is 14.3. The van der Waals surface area contributed by atoms with E-state index in [1.807, 2.05) is 26.0 Å². The lowest BCUT2D eigenvalue weighted by atomic mass is 10.00. The molecule has 76 valence electrons. The first-order chi connectivity index (χ1) is 6.61.